The Morgan fingerprint density at radius 1 is 1.71 bits per heavy atom. The van der Waals surface area contributed by atoms with Crippen LogP contribution in [0.5, 0.6) is 0 Å². The molecule has 2 aliphatic heterocycles. The highest BCUT2D eigenvalue weighted by Crippen LogP contribution is 2.08. The minimum Gasteiger partial charge on any atom is -0.376 e. The maximum absolute atomic E-state index is 4.94. The summed E-state index contributed by atoms with van der Waals surface area (Å²) in [5.41, 5.74) is 0. The van der Waals surface area contributed by atoms with Gasteiger partial charge in [0.2, 0.25) is 0 Å². The monoisotopic (exact) mass is 95.1 g/mol. The van der Waals surface area contributed by atoms with Gasteiger partial charge in [-0.05, 0) is 0 Å². The molecule has 34 valence electrons. The molecule has 2 N–H and O–H groups in total. The highest BCUT2D eigenvalue weighted by molar-refractivity contribution is 6.76. The van der Waals surface area contributed by atoms with E-state index < -0.39 is 0 Å². The molecule has 2 aliphatic rings. The van der Waals surface area contributed by atoms with Crippen LogP contribution in [0.4, 0.5) is 0 Å². The van der Waals surface area contributed by atoms with Crippen molar-refractivity contribution in [3.8, 4) is 0 Å². The molecular formula is H4B3N3O. The molecule has 0 amide bonds. The van der Waals surface area contributed by atoms with Crippen LogP contribution in [0.15, 0.2) is 0 Å². The number of hydrogen-bond donors (Lipinski definition) is 2. The topological polar surface area (TPSA) is 39.6 Å². The molecule has 0 aliphatic carbocycles. The Morgan fingerprint density at radius 3 is 3.29 bits per heavy atom. The summed E-state index contributed by atoms with van der Waals surface area (Å²) in [6, 6.07) is 0. The zero-order valence-electron chi connectivity index (χ0n) is 3.85. The lowest BCUT2D eigenvalue weighted by molar-refractivity contribution is 0.314. The van der Waals surface area contributed by atoms with E-state index in [0.717, 1.165) is 15.1 Å². The maximum atomic E-state index is 4.94. The first-order valence-electron chi connectivity index (χ1n) is 2.34. The van der Waals surface area contributed by atoms with Gasteiger partial charge in [-0.15, -0.1) is 0 Å². The summed E-state index contributed by atoms with van der Waals surface area (Å²) in [5, 5.41) is 6.11. The number of nitrogens with one attached hydrogen (secondary N) is 2. The quantitative estimate of drug-likeness (QED) is 0.247. The molecule has 0 aromatic heterocycles. The van der Waals surface area contributed by atoms with Gasteiger partial charge < -0.3 is 15.0 Å². The molecule has 4 nitrogen and oxygen atoms in total. The summed E-state index contributed by atoms with van der Waals surface area (Å²) in [7, 11) is 1.94. The zero-order valence-corrected chi connectivity index (χ0v) is 3.85. The third-order valence-electron chi connectivity index (χ3n) is 1.12. The molecule has 0 aromatic carbocycles. The molecule has 2 heterocycles. The van der Waals surface area contributed by atoms with Crippen LogP contribution in [-0.2, 0) is 4.76 Å². The van der Waals surface area contributed by atoms with Crippen LogP contribution < -0.4 is 10.3 Å². The molecule has 1 unspecified atom stereocenters. The standard InChI is InChI=1S/B3H4N3O/c1-4-2-6-3(5-1)7-6/h1-2,4-5H. The third kappa shape index (κ3) is 0.578. The van der Waals surface area contributed by atoms with E-state index in [2.05, 4.69) is 10.3 Å². The van der Waals surface area contributed by atoms with Crippen molar-refractivity contribution >= 4 is 22.3 Å². The van der Waals surface area contributed by atoms with E-state index in [1.54, 1.807) is 0 Å². The van der Waals surface area contributed by atoms with Gasteiger partial charge in [0, 0.05) is 0 Å². The fourth-order valence-corrected chi connectivity index (χ4v) is 0.686. The third-order valence-corrected chi connectivity index (χ3v) is 1.12. The average Bonchev–Trinajstić information content (AvgIpc) is 2.41. The number of hydrogen-bond acceptors (Lipinski definition) is 4. The molecule has 2 fully saturated rings. The Bertz CT molecular complexity index is 76.2. The number of fused-ring (bicyclic) bond motifs is 1. The number of nitrogens with zero attached hydrogens (tertiary/aromatic N) is 1. The lowest BCUT2D eigenvalue weighted by Crippen LogP contribution is -2.49. The molecular weight excluding hydrogens is 90.5 g/mol. The minimum absolute atomic E-state index is 0.223. The van der Waals surface area contributed by atoms with E-state index in [-0.39, 0.29) is 7.19 Å². The van der Waals surface area contributed by atoms with Gasteiger partial charge in [0.05, 0.1) is 0 Å². The SMILES string of the molecule is B1NBN2OB2N1. The first kappa shape index (κ1) is 3.97. The van der Waals surface area contributed by atoms with Crippen molar-refractivity contribution in [3.63, 3.8) is 0 Å². The van der Waals surface area contributed by atoms with Crippen molar-refractivity contribution in [1.82, 2.24) is 15.2 Å². The van der Waals surface area contributed by atoms with Crippen LogP contribution in [-0.4, -0.2) is 27.2 Å². The first-order valence-corrected chi connectivity index (χ1v) is 2.34. The van der Waals surface area contributed by atoms with Gasteiger partial charge in [0.15, 0.2) is 0 Å². The maximum Gasteiger partial charge on any atom is 0.493 e. The van der Waals surface area contributed by atoms with Gasteiger partial charge in [-0.2, -0.15) is 0 Å². The van der Waals surface area contributed by atoms with Crippen molar-refractivity contribution in [2.24, 2.45) is 0 Å². The van der Waals surface area contributed by atoms with Crippen molar-refractivity contribution in [2.45, 2.75) is 0 Å². The van der Waals surface area contributed by atoms with E-state index in [1.807, 2.05) is 4.89 Å². The first-order chi connectivity index (χ1) is 3.47. The second-order valence-corrected chi connectivity index (χ2v) is 1.66. The lowest BCUT2D eigenvalue weighted by Gasteiger charge is -2.02. The lowest BCUT2D eigenvalue weighted by atomic mass is 9.84. The van der Waals surface area contributed by atoms with Gasteiger partial charge in [-0.3, -0.25) is 0 Å². The normalized spacial score (nSPS) is 35.4. The highest BCUT2D eigenvalue weighted by atomic mass is 16.8. The fraction of sp³-hybridized carbons (Fsp3) is 0. The predicted molar refractivity (Wildman–Crippen MR) is 29.2 cm³/mol. The van der Waals surface area contributed by atoms with Gasteiger partial charge in [0.1, 0.15) is 0 Å². The van der Waals surface area contributed by atoms with Crippen molar-refractivity contribution in [3.05, 3.63) is 0 Å². The van der Waals surface area contributed by atoms with Crippen LogP contribution in [0.1, 0.15) is 0 Å². The molecule has 0 spiro atoms. The second kappa shape index (κ2) is 1.26. The Kier molecular flexibility index (Phi) is 0.712. The summed E-state index contributed by atoms with van der Waals surface area (Å²) in [4.78, 5) is 1.84. The van der Waals surface area contributed by atoms with Gasteiger partial charge in [-0.25, -0.2) is 4.89 Å². The van der Waals surface area contributed by atoms with E-state index >= 15 is 0 Å². The Balaban J connectivity index is 1.95. The van der Waals surface area contributed by atoms with E-state index in [0.29, 0.717) is 0 Å². The minimum atomic E-state index is 0.223. The average molecular weight is 94.5 g/mol. The summed E-state index contributed by atoms with van der Waals surface area (Å²) in [6.45, 7) is 0. The van der Waals surface area contributed by atoms with E-state index in [1.165, 1.54) is 0 Å². The van der Waals surface area contributed by atoms with Crippen LogP contribution in [0.2, 0.25) is 0 Å². The molecule has 1 atom stereocenters. The van der Waals surface area contributed by atoms with Gasteiger partial charge in [-0.1, -0.05) is 0 Å². The number of rotatable bonds is 0. The predicted octanol–water partition coefficient (Wildman–Crippen LogP) is -3.06. The molecule has 2 rings (SSSR count). The van der Waals surface area contributed by atoms with E-state index in [4.69, 9.17) is 4.76 Å². The van der Waals surface area contributed by atoms with Gasteiger partial charge >= 0.3 is 7.19 Å². The summed E-state index contributed by atoms with van der Waals surface area (Å²) in [5.74, 6) is 0. The molecule has 7 heteroatoms. The van der Waals surface area contributed by atoms with Crippen molar-refractivity contribution < 1.29 is 4.76 Å². The smallest absolute Gasteiger partial charge is 0.376 e. The Hall–Kier alpha value is 0.0348. The van der Waals surface area contributed by atoms with Crippen LogP contribution in [0.3, 0.4) is 0 Å². The van der Waals surface area contributed by atoms with Gasteiger partial charge in [0.25, 0.3) is 15.1 Å². The Labute approximate surface area is 43.3 Å². The largest absolute Gasteiger partial charge is 0.493 e. The molecule has 2 saturated heterocycles. The Morgan fingerprint density at radius 2 is 2.71 bits per heavy atom. The summed E-state index contributed by atoms with van der Waals surface area (Å²) >= 11 is 0. The van der Waals surface area contributed by atoms with E-state index in [9.17, 15) is 0 Å². The molecule has 7 heavy (non-hydrogen) atoms. The molecule has 0 aromatic rings. The fourth-order valence-electron chi connectivity index (χ4n) is 0.686. The highest BCUT2D eigenvalue weighted by Gasteiger charge is 2.45. The summed E-state index contributed by atoms with van der Waals surface area (Å²) < 4.78 is 4.94. The van der Waals surface area contributed by atoms with Crippen LogP contribution in [0, 0.1) is 0 Å². The second-order valence-electron chi connectivity index (χ2n) is 1.66. The summed E-state index contributed by atoms with van der Waals surface area (Å²) in [6.07, 6.45) is 0. The van der Waals surface area contributed by atoms with Crippen molar-refractivity contribution in [1.29, 1.82) is 0 Å². The van der Waals surface area contributed by atoms with Crippen molar-refractivity contribution in [2.75, 3.05) is 0 Å². The van der Waals surface area contributed by atoms with Crippen LogP contribution >= 0.6 is 0 Å². The zero-order chi connectivity index (χ0) is 4.69. The molecule has 0 bridgehead atoms. The molecule has 0 radical (unpaired) electrons. The molecule has 0 saturated carbocycles. The van der Waals surface area contributed by atoms with Crippen LogP contribution in [0.25, 0.3) is 0 Å².